The summed E-state index contributed by atoms with van der Waals surface area (Å²) in [4.78, 5) is 0. The average Bonchev–Trinajstić information content (AvgIpc) is 1.37. The first kappa shape index (κ1) is 6.28. The third-order valence-electron chi connectivity index (χ3n) is 0.0333. The fourth-order valence-corrected chi connectivity index (χ4v) is 0. The van der Waals surface area contributed by atoms with Crippen molar-refractivity contribution in [3.05, 3.63) is 0 Å². The summed E-state index contributed by atoms with van der Waals surface area (Å²) >= 11 is 3.58. The van der Waals surface area contributed by atoms with Gasteiger partial charge in [-0.1, -0.05) is 0 Å². The molecular formula is H2S2Te2. The molecule has 0 unspecified atom stereocenters. The molecule has 0 nitrogen and oxygen atoms in total. The Morgan fingerprint density at radius 2 is 1.25 bits per heavy atom. The molecule has 0 rings (SSSR count). The molecule has 0 aliphatic carbocycles. The molecule has 0 aromatic rings. The first-order valence-electron chi connectivity index (χ1n) is 0.532. The van der Waals surface area contributed by atoms with Crippen LogP contribution in [0.5, 0.6) is 0 Å². The molecule has 0 N–H and O–H groups in total. The molecule has 0 radical (unpaired) electrons. The molecule has 0 fully saturated rings. The van der Waals surface area contributed by atoms with Crippen molar-refractivity contribution in [3.63, 3.8) is 0 Å². The Labute approximate surface area is 57.0 Å². The van der Waals surface area contributed by atoms with Crippen molar-refractivity contribution in [2.45, 2.75) is 0 Å². The normalized spacial score (nSPS) is 7.50. The van der Waals surface area contributed by atoms with Crippen molar-refractivity contribution in [3.8, 4) is 0 Å². The van der Waals surface area contributed by atoms with Gasteiger partial charge < -0.3 is 0 Å². The molecule has 26 valence electrons. The summed E-state index contributed by atoms with van der Waals surface area (Å²) in [5, 5.41) is 0. The van der Waals surface area contributed by atoms with Crippen LogP contribution < -0.4 is 0 Å². The topological polar surface area (TPSA) is 0 Å². The van der Waals surface area contributed by atoms with Crippen LogP contribution in [0.1, 0.15) is 0 Å². The second kappa shape index (κ2) is 5.28. The molecule has 0 bridgehead atoms. The van der Waals surface area contributed by atoms with E-state index in [-0.39, 0.29) is 0 Å². The standard InChI is InChI=1S/H2S2Te2/c3-1-2-4/h3-4H. The minimum absolute atomic E-state index is 1.79. The van der Waals surface area contributed by atoms with Crippen LogP contribution in [0.2, 0.25) is 0 Å². The monoisotopic (exact) mass is 326 g/mol. The van der Waals surface area contributed by atoms with E-state index in [2.05, 4.69) is 0 Å². The summed E-state index contributed by atoms with van der Waals surface area (Å²) in [7, 11) is 3.69. The van der Waals surface area contributed by atoms with Gasteiger partial charge in [0.15, 0.2) is 0 Å². The van der Waals surface area contributed by atoms with Crippen LogP contribution >= 0.6 is 16.0 Å². The van der Waals surface area contributed by atoms with Crippen molar-refractivity contribution in [2.24, 2.45) is 0 Å². The molecule has 0 atom stereocenters. The van der Waals surface area contributed by atoms with E-state index in [4.69, 9.17) is 0 Å². The van der Waals surface area contributed by atoms with Crippen LogP contribution in [0, 0.1) is 0 Å². The predicted octanol–water partition coefficient (Wildman–Crippen LogP) is -0.000600. The average molecular weight is 321 g/mol. The Bertz CT molecular complexity index is 6.00. The molecule has 0 saturated heterocycles. The van der Waals surface area contributed by atoms with Crippen LogP contribution in [-0.4, -0.2) is 41.8 Å². The predicted molar refractivity (Wildman–Crippen MR) is 29.5 cm³/mol. The van der Waals surface area contributed by atoms with Crippen molar-refractivity contribution < 1.29 is 0 Å². The quantitative estimate of drug-likeness (QED) is 0.493. The second-order valence-corrected chi connectivity index (χ2v) is 9.00. The first-order chi connectivity index (χ1) is 1.91. The van der Waals surface area contributed by atoms with E-state index in [1.807, 2.05) is 16.0 Å². The van der Waals surface area contributed by atoms with E-state index >= 15 is 0 Å². The van der Waals surface area contributed by atoms with Gasteiger partial charge in [0, 0.05) is 0 Å². The van der Waals surface area contributed by atoms with Crippen molar-refractivity contribution in [1.29, 1.82) is 0 Å². The van der Waals surface area contributed by atoms with E-state index in [0.29, 0.717) is 0 Å². The fraction of sp³-hybridized carbons (Fsp3) is 0. The first-order valence-corrected chi connectivity index (χ1v) is 8.85. The number of rotatable bonds is 1. The Balaban J connectivity index is 1.97. The molecule has 4 heavy (non-hydrogen) atoms. The van der Waals surface area contributed by atoms with E-state index in [1.165, 1.54) is 0 Å². The van der Waals surface area contributed by atoms with Gasteiger partial charge in [-0.05, 0) is 0 Å². The Morgan fingerprint density at radius 3 is 1.25 bits per heavy atom. The summed E-state index contributed by atoms with van der Waals surface area (Å²) < 4.78 is 0. The summed E-state index contributed by atoms with van der Waals surface area (Å²) in [6.45, 7) is 0. The molecule has 0 amide bonds. The Kier molecular flexibility index (Phi) is 8.29. The summed E-state index contributed by atoms with van der Waals surface area (Å²) in [5.74, 6) is 0. The second-order valence-electron chi connectivity index (χ2n) is 0.149. The third-order valence-corrected chi connectivity index (χ3v) is 13.5. The van der Waals surface area contributed by atoms with Crippen LogP contribution in [0.25, 0.3) is 0 Å². The van der Waals surface area contributed by atoms with Gasteiger partial charge in [-0.3, -0.25) is 0 Å². The SMILES string of the molecule is [TeH]SS[TeH]. The molecular weight excluding hydrogens is 319 g/mol. The molecule has 4 heteroatoms. The maximum atomic E-state index is 1.85. The molecule has 0 aromatic heterocycles. The zero-order valence-electron chi connectivity index (χ0n) is 1.71. The summed E-state index contributed by atoms with van der Waals surface area (Å²) in [5.41, 5.74) is 0. The third kappa shape index (κ3) is 4.28. The number of hydrogen-bond donors (Lipinski definition) is 0. The van der Waals surface area contributed by atoms with Crippen molar-refractivity contribution in [1.82, 2.24) is 0 Å². The Hall–Kier alpha value is 2.28. The molecule has 0 heterocycles. The van der Waals surface area contributed by atoms with Crippen LogP contribution in [0.3, 0.4) is 0 Å². The van der Waals surface area contributed by atoms with E-state index in [9.17, 15) is 0 Å². The minimum atomic E-state index is 1.79. The Morgan fingerprint density at radius 1 is 1.00 bits per heavy atom. The maximum absolute atomic E-state index is 1.85. The molecule has 0 aliphatic rings. The molecule has 0 aromatic carbocycles. The van der Waals surface area contributed by atoms with Gasteiger partial charge in [-0.15, -0.1) is 0 Å². The van der Waals surface area contributed by atoms with Crippen LogP contribution in [0.15, 0.2) is 0 Å². The summed E-state index contributed by atoms with van der Waals surface area (Å²) in [6, 6.07) is 0. The molecule has 0 saturated carbocycles. The van der Waals surface area contributed by atoms with Gasteiger partial charge in [0.25, 0.3) is 0 Å². The zero-order valence-corrected chi connectivity index (χ0v) is 8.45. The van der Waals surface area contributed by atoms with Crippen molar-refractivity contribution in [2.75, 3.05) is 0 Å². The van der Waals surface area contributed by atoms with Crippen LogP contribution in [0.4, 0.5) is 0 Å². The van der Waals surface area contributed by atoms with Crippen LogP contribution in [-0.2, 0) is 0 Å². The summed E-state index contributed by atoms with van der Waals surface area (Å²) in [6.07, 6.45) is 0. The van der Waals surface area contributed by atoms with Gasteiger partial charge in [0.1, 0.15) is 0 Å². The van der Waals surface area contributed by atoms with Gasteiger partial charge in [0.05, 0.1) is 0 Å². The fourth-order valence-electron chi connectivity index (χ4n) is 0. The van der Waals surface area contributed by atoms with Crippen molar-refractivity contribution >= 4 is 57.9 Å². The molecule has 0 aliphatic heterocycles. The van der Waals surface area contributed by atoms with Gasteiger partial charge in [-0.25, -0.2) is 0 Å². The molecule has 0 spiro atoms. The van der Waals surface area contributed by atoms with Gasteiger partial charge >= 0.3 is 57.9 Å². The zero-order chi connectivity index (χ0) is 3.41. The van der Waals surface area contributed by atoms with E-state index in [0.717, 1.165) is 0 Å². The van der Waals surface area contributed by atoms with E-state index in [1.54, 1.807) is 41.8 Å². The van der Waals surface area contributed by atoms with E-state index < -0.39 is 0 Å². The number of hydrogen-bond acceptors (Lipinski definition) is 2. The van der Waals surface area contributed by atoms with Gasteiger partial charge in [0.2, 0.25) is 0 Å². The van der Waals surface area contributed by atoms with Gasteiger partial charge in [-0.2, -0.15) is 0 Å².